The molecule has 0 amide bonds. The topological polar surface area (TPSA) is 42.7 Å². The number of pyridine rings is 1. The van der Waals surface area contributed by atoms with E-state index in [1.54, 1.807) is 6.20 Å². The average molecular weight is 326 g/mol. The summed E-state index contributed by atoms with van der Waals surface area (Å²) >= 11 is 1.89. The van der Waals surface area contributed by atoms with Gasteiger partial charge in [-0.3, -0.25) is 4.57 Å². The number of hydrogen-bond acceptors (Lipinski definition) is 4. The summed E-state index contributed by atoms with van der Waals surface area (Å²) < 4.78 is 1.98. The quantitative estimate of drug-likeness (QED) is 0.743. The number of aromatic nitrogens is 3. The Morgan fingerprint density at radius 1 is 1.22 bits per heavy atom. The van der Waals surface area contributed by atoms with Gasteiger partial charge in [-0.25, -0.2) is 9.97 Å². The smallest absolute Gasteiger partial charge is 0.137 e. The maximum absolute atomic E-state index is 4.54. The van der Waals surface area contributed by atoms with E-state index in [4.69, 9.17) is 0 Å². The van der Waals surface area contributed by atoms with Gasteiger partial charge in [0.15, 0.2) is 0 Å². The number of nitrogens with one attached hydrogen (secondary N) is 1. The average Bonchev–Trinajstić information content (AvgIpc) is 3.22. The molecule has 3 aromatic heterocycles. The lowest BCUT2D eigenvalue weighted by Gasteiger charge is -2.12. The number of imidazole rings is 1. The van der Waals surface area contributed by atoms with Crippen molar-refractivity contribution in [2.24, 2.45) is 0 Å². The molecule has 0 aromatic carbocycles. The van der Waals surface area contributed by atoms with Crippen molar-refractivity contribution >= 4 is 11.3 Å². The van der Waals surface area contributed by atoms with Crippen LogP contribution in [0.15, 0.2) is 42.9 Å². The summed E-state index contributed by atoms with van der Waals surface area (Å²) in [6.07, 6.45) is 6.76. The van der Waals surface area contributed by atoms with Gasteiger partial charge in [-0.1, -0.05) is 13.0 Å². The highest BCUT2D eigenvalue weighted by Crippen LogP contribution is 2.23. The van der Waals surface area contributed by atoms with E-state index in [2.05, 4.69) is 47.3 Å². The number of hydrogen-bond donors (Lipinski definition) is 1. The van der Waals surface area contributed by atoms with Crippen molar-refractivity contribution in [1.29, 1.82) is 0 Å². The second-order valence-corrected chi connectivity index (χ2v) is 6.83. The van der Waals surface area contributed by atoms with Crippen molar-refractivity contribution in [3.05, 3.63) is 64.0 Å². The first-order valence-electron chi connectivity index (χ1n) is 7.94. The van der Waals surface area contributed by atoms with Gasteiger partial charge in [0.25, 0.3) is 0 Å². The second-order valence-electron chi connectivity index (χ2n) is 5.63. The number of rotatable bonds is 6. The van der Waals surface area contributed by atoms with Crippen LogP contribution in [0.5, 0.6) is 0 Å². The fraction of sp³-hybridized carbons (Fsp3) is 0.333. The van der Waals surface area contributed by atoms with Crippen molar-refractivity contribution < 1.29 is 0 Å². The predicted octanol–water partition coefficient (Wildman–Crippen LogP) is 4.05. The zero-order chi connectivity index (χ0) is 16.2. The van der Waals surface area contributed by atoms with Crippen molar-refractivity contribution in [1.82, 2.24) is 19.9 Å². The summed E-state index contributed by atoms with van der Waals surface area (Å²) in [5.74, 6) is 1.85. The molecule has 3 aromatic rings. The van der Waals surface area contributed by atoms with Crippen molar-refractivity contribution in [2.75, 3.05) is 0 Å². The van der Waals surface area contributed by atoms with Gasteiger partial charge in [-0.15, -0.1) is 11.3 Å². The molecule has 1 unspecified atom stereocenters. The monoisotopic (exact) mass is 326 g/mol. The van der Waals surface area contributed by atoms with Crippen LogP contribution in [0.25, 0.3) is 5.82 Å². The molecule has 1 atom stereocenters. The molecule has 1 N–H and O–H groups in total. The first kappa shape index (κ1) is 15.9. The van der Waals surface area contributed by atoms with Crippen LogP contribution in [-0.4, -0.2) is 14.5 Å². The van der Waals surface area contributed by atoms with Gasteiger partial charge >= 0.3 is 0 Å². The SMILES string of the molecule is CCc1ccc(C(C)NCc2ccc(-n3ccnc3C)nc2)s1. The summed E-state index contributed by atoms with van der Waals surface area (Å²) in [6.45, 7) is 7.20. The Bertz CT molecular complexity index is 757. The summed E-state index contributed by atoms with van der Waals surface area (Å²) in [4.78, 5) is 11.6. The van der Waals surface area contributed by atoms with Crippen molar-refractivity contribution in [3.8, 4) is 5.82 Å². The maximum Gasteiger partial charge on any atom is 0.137 e. The van der Waals surface area contributed by atoms with Crippen LogP contribution in [0.3, 0.4) is 0 Å². The van der Waals surface area contributed by atoms with Crippen molar-refractivity contribution in [3.63, 3.8) is 0 Å². The Labute approximate surface area is 141 Å². The summed E-state index contributed by atoms with van der Waals surface area (Å²) in [7, 11) is 0. The van der Waals surface area contributed by atoms with Crippen molar-refractivity contribution in [2.45, 2.75) is 39.8 Å². The fourth-order valence-corrected chi connectivity index (χ4v) is 3.45. The highest BCUT2D eigenvalue weighted by atomic mass is 32.1. The molecule has 0 aliphatic carbocycles. The number of aryl methyl sites for hydroxylation is 2. The van der Waals surface area contributed by atoms with E-state index in [0.717, 1.165) is 24.6 Å². The molecule has 0 fully saturated rings. The fourth-order valence-electron chi connectivity index (χ4n) is 2.47. The molecule has 0 bridgehead atoms. The van der Waals surface area contributed by atoms with Gasteiger partial charge in [-0.2, -0.15) is 0 Å². The van der Waals surface area contributed by atoms with E-state index in [1.165, 1.54) is 15.3 Å². The molecule has 0 aliphatic rings. The minimum absolute atomic E-state index is 0.357. The van der Waals surface area contributed by atoms with Crippen LogP contribution in [0, 0.1) is 6.92 Å². The first-order valence-corrected chi connectivity index (χ1v) is 8.76. The Hall–Kier alpha value is -1.98. The lowest BCUT2D eigenvalue weighted by molar-refractivity contribution is 0.582. The highest BCUT2D eigenvalue weighted by Gasteiger charge is 2.08. The Balaban J connectivity index is 1.61. The molecule has 120 valence electrons. The zero-order valence-electron chi connectivity index (χ0n) is 13.8. The normalized spacial score (nSPS) is 12.5. The molecule has 5 heteroatoms. The minimum atomic E-state index is 0.357. The third kappa shape index (κ3) is 3.68. The molecule has 3 rings (SSSR count). The Morgan fingerprint density at radius 2 is 2.09 bits per heavy atom. The van der Waals surface area contributed by atoms with E-state index in [1.807, 2.05) is 41.3 Å². The summed E-state index contributed by atoms with van der Waals surface area (Å²) in [5.41, 5.74) is 1.19. The van der Waals surface area contributed by atoms with E-state index < -0.39 is 0 Å². The van der Waals surface area contributed by atoms with Gasteiger partial charge in [0.05, 0.1) is 0 Å². The van der Waals surface area contributed by atoms with Crippen LogP contribution in [-0.2, 0) is 13.0 Å². The van der Waals surface area contributed by atoms with Crippen LogP contribution in [0.1, 0.15) is 41.0 Å². The Morgan fingerprint density at radius 3 is 2.70 bits per heavy atom. The van der Waals surface area contributed by atoms with Crippen LogP contribution < -0.4 is 5.32 Å². The lowest BCUT2D eigenvalue weighted by atomic mass is 10.2. The molecule has 0 spiro atoms. The minimum Gasteiger partial charge on any atom is -0.305 e. The molecule has 0 radical (unpaired) electrons. The Kier molecular flexibility index (Phi) is 4.88. The number of nitrogens with zero attached hydrogens (tertiary/aromatic N) is 3. The van der Waals surface area contributed by atoms with Gasteiger partial charge in [0.1, 0.15) is 11.6 Å². The van der Waals surface area contributed by atoms with E-state index >= 15 is 0 Å². The van der Waals surface area contributed by atoms with Crippen LogP contribution in [0.4, 0.5) is 0 Å². The van der Waals surface area contributed by atoms with Crippen LogP contribution >= 0.6 is 11.3 Å². The standard InChI is InChI=1S/C18H22N4S/c1-4-16-6-7-17(23-16)13(2)20-11-15-5-8-18(21-12-15)22-10-9-19-14(22)3/h5-10,12-13,20H,4,11H2,1-3H3. The first-order chi connectivity index (χ1) is 11.2. The third-order valence-corrected chi connectivity index (χ3v) is 5.36. The van der Waals surface area contributed by atoms with Crippen LogP contribution in [0.2, 0.25) is 0 Å². The molecular formula is C18H22N4S. The second kappa shape index (κ2) is 7.06. The van der Waals surface area contributed by atoms with E-state index in [9.17, 15) is 0 Å². The van der Waals surface area contributed by atoms with Gasteiger partial charge in [0, 0.05) is 40.9 Å². The van der Waals surface area contributed by atoms with E-state index in [-0.39, 0.29) is 0 Å². The third-order valence-electron chi connectivity index (χ3n) is 3.95. The van der Waals surface area contributed by atoms with Gasteiger partial charge < -0.3 is 5.32 Å². The number of thiophene rings is 1. The predicted molar refractivity (Wildman–Crippen MR) is 95.0 cm³/mol. The molecule has 0 saturated carbocycles. The van der Waals surface area contributed by atoms with Gasteiger partial charge in [-0.05, 0) is 44.0 Å². The maximum atomic E-state index is 4.54. The summed E-state index contributed by atoms with van der Waals surface area (Å²) in [6, 6.07) is 8.96. The molecule has 0 saturated heterocycles. The largest absolute Gasteiger partial charge is 0.305 e. The summed E-state index contributed by atoms with van der Waals surface area (Å²) in [5, 5.41) is 3.57. The molecular weight excluding hydrogens is 304 g/mol. The molecule has 23 heavy (non-hydrogen) atoms. The highest BCUT2D eigenvalue weighted by molar-refractivity contribution is 7.12. The van der Waals surface area contributed by atoms with Gasteiger partial charge in [0.2, 0.25) is 0 Å². The molecule has 3 heterocycles. The molecule has 0 aliphatic heterocycles. The molecule has 4 nitrogen and oxygen atoms in total. The lowest BCUT2D eigenvalue weighted by Crippen LogP contribution is -2.17. The van der Waals surface area contributed by atoms with E-state index in [0.29, 0.717) is 6.04 Å². The zero-order valence-corrected chi connectivity index (χ0v) is 14.6.